The number of benzene rings is 2. The molecule has 7 heteroatoms. The molecule has 3 rings (SSSR count). The molecule has 0 saturated heterocycles. The summed E-state index contributed by atoms with van der Waals surface area (Å²) in [6.07, 6.45) is 0. The van der Waals surface area contributed by atoms with Crippen LogP contribution in [0, 0.1) is 0 Å². The number of hydrogen-bond acceptors (Lipinski definition) is 6. The van der Waals surface area contributed by atoms with Crippen LogP contribution in [0.1, 0.15) is 0 Å². The van der Waals surface area contributed by atoms with E-state index in [-0.39, 0.29) is 20.8 Å². The van der Waals surface area contributed by atoms with Crippen LogP contribution in [0.5, 0.6) is 0 Å². The summed E-state index contributed by atoms with van der Waals surface area (Å²) < 4.78 is 29.6. The molecule has 0 saturated carbocycles. The summed E-state index contributed by atoms with van der Waals surface area (Å²) in [6.45, 7) is 0. The standard InChI is InChI=1S/C12H9N3O3S/c13-9-6-7-10(12-11(9)14-18-15-12)19(16,17)8-4-2-1-3-5-8/h1-7H,13H2. The second-order valence-corrected chi connectivity index (χ2v) is 5.85. The maximum Gasteiger partial charge on any atom is 0.208 e. The van der Waals surface area contributed by atoms with Crippen LogP contribution >= 0.6 is 0 Å². The fraction of sp³-hybridized carbons (Fsp3) is 0. The summed E-state index contributed by atoms with van der Waals surface area (Å²) in [4.78, 5) is 0.216. The van der Waals surface area contributed by atoms with E-state index < -0.39 is 9.84 Å². The van der Waals surface area contributed by atoms with Crippen molar-refractivity contribution in [1.82, 2.24) is 10.3 Å². The summed E-state index contributed by atoms with van der Waals surface area (Å²) in [7, 11) is -3.67. The van der Waals surface area contributed by atoms with Crippen molar-refractivity contribution in [3.05, 3.63) is 42.5 Å². The predicted octanol–water partition coefficient (Wildman–Crippen LogP) is 1.64. The average Bonchev–Trinajstić information content (AvgIpc) is 2.90. The summed E-state index contributed by atoms with van der Waals surface area (Å²) in [5, 5.41) is 7.24. The minimum absolute atomic E-state index is 0.0316. The fourth-order valence-corrected chi connectivity index (χ4v) is 3.21. The van der Waals surface area contributed by atoms with Crippen molar-refractivity contribution in [1.29, 1.82) is 0 Å². The maximum atomic E-state index is 12.5. The summed E-state index contributed by atoms with van der Waals surface area (Å²) >= 11 is 0. The highest BCUT2D eigenvalue weighted by Gasteiger charge is 2.23. The van der Waals surface area contributed by atoms with E-state index in [1.165, 1.54) is 24.3 Å². The van der Waals surface area contributed by atoms with Crippen molar-refractivity contribution in [2.75, 3.05) is 5.73 Å². The predicted molar refractivity (Wildman–Crippen MR) is 68.1 cm³/mol. The molecule has 0 aliphatic heterocycles. The Morgan fingerprint density at radius 2 is 1.63 bits per heavy atom. The Morgan fingerprint density at radius 3 is 2.37 bits per heavy atom. The first-order valence-electron chi connectivity index (χ1n) is 5.41. The maximum absolute atomic E-state index is 12.5. The van der Waals surface area contributed by atoms with Crippen molar-refractivity contribution in [3.63, 3.8) is 0 Å². The molecule has 1 aromatic heterocycles. The number of nitrogen functional groups attached to an aromatic ring is 1. The Bertz CT molecular complexity index is 841. The van der Waals surface area contributed by atoms with E-state index in [2.05, 4.69) is 14.9 Å². The topological polar surface area (TPSA) is 99.1 Å². The van der Waals surface area contributed by atoms with Gasteiger partial charge in [-0.2, -0.15) is 0 Å². The van der Waals surface area contributed by atoms with Crippen molar-refractivity contribution in [3.8, 4) is 0 Å². The molecule has 1 heterocycles. The SMILES string of the molecule is Nc1ccc(S(=O)(=O)c2ccccc2)c2nonc12. The molecule has 0 amide bonds. The normalized spacial score (nSPS) is 11.8. The molecule has 0 unspecified atom stereocenters. The van der Waals surface area contributed by atoms with E-state index in [4.69, 9.17) is 5.73 Å². The number of anilines is 1. The lowest BCUT2D eigenvalue weighted by Crippen LogP contribution is -2.03. The zero-order valence-corrected chi connectivity index (χ0v) is 10.5. The molecular weight excluding hydrogens is 266 g/mol. The fourth-order valence-electron chi connectivity index (χ4n) is 1.81. The summed E-state index contributed by atoms with van der Waals surface area (Å²) in [6, 6.07) is 11.0. The van der Waals surface area contributed by atoms with Gasteiger partial charge in [0.15, 0.2) is 11.0 Å². The van der Waals surface area contributed by atoms with Gasteiger partial charge in [-0.25, -0.2) is 13.0 Å². The molecule has 0 bridgehead atoms. The van der Waals surface area contributed by atoms with Gasteiger partial charge in [-0.05, 0) is 34.6 Å². The average molecular weight is 275 g/mol. The number of nitrogens with two attached hydrogens (primary N) is 1. The minimum atomic E-state index is -3.67. The van der Waals surface area contributed by atoms with Crippen LogP contribution in [0.2, 0.25) is 0 Å². The third-order valence-electron chi connectivity index (χ3n) is 2.75. The number of fused-ring (bicyclic) bond motifs is 1. The van der Waals surface area contributed by atoms with E-state index in [0.717, 1.165) is 0 Å². The van der Waals surface area contributed by atoms with Gasteiger partial charge in [0.25, 0.3) is 0 Å². The molecule has 2 aromatic carbocycles. The van der Waals surface area contributed by atoms with Crippen LogP contribution in [-0.2, 0) is 9.84 Å². The lowest BCUT2D eigenvalue weighted by molar-refractivity contribution is 0.315. The number of sulfone groups is 1. The van der Waals surface area contributed by atoms with Gasteiger partial charge in [-0.1, -0.05) is 18.2 Å². The molecule has 0 fully saturated rings. The molecule has 19 heavy (non-hydrogen) atoms. The number of rotatable bonds is 2. The van der Waals surface area contributed by atoms with E-state index in [1.54, 1.807) is 18.2 Å². The molecule has 0 aliphatic rings. The Kier molecular flexibility index (Phi) is 2.49. The van der Waals surface area contributed by atoms with Gasteiger partial charge in [0, 0.05) is 0 Å². The second kappa shape index (κ2) is 4.06. The second-order valence-electron chi connectivity index (χ2n) is 3.93. The van der Waals surface area contributed by atoms with E-state index in [9.17, 15) is 8.42 Å². The van der Waals surface area contributed by atoms with Crippen LogP contribution in [0.4, 0.5) is 5.69 Å². The molecule has 2 N–H and O–H groups in total. The highest BCUT2D eigenvalue weighted by Crippen LogP contribution is 2.29. The molecule has 0 atom stereocenters. The van der Waals surface area contributed by atoms with Gasteiger partial charge in [-0.15, -0.1) is 0 Å². The Balaban J connectivity index is 2.31. The Labute approximate surface area is 108 Å². The molecule has 96 valence electrons. The molecule has 3 aromatic rings. The highest BCUT2D eigenvalue weighted by atomic mass is 32.2. The molecule has 0 spiro atoms. The summed E-state index contributed by atoms with van der Waals surface area (Å²) in [5.74, 6) is 0. The first-order valence-corrected chi connectivity index (χ1v) is 6.90. The lowest BCUT2D eigenvalue weighted by Gasteiger charge is -2.04. The first kappa shape index (κ1) is 11.7. The van der Waals surface area contributed by atoms with Gasteiger partial charge in [0.1, 0.15) is 4.90 Å². The van der Waals surface area contributed by atoms with E-state index >= 15 is 0 Å². The number of nitrogens with zero attached hydrogens (tertiary/aromatic N) is 2. The van der Waals surface area contributed by atoms with Gasteiger partial charge in [0.05, 0.1) is 10.6 Å². The van der Waals surface area contributed by atoms with Crippen molar-refractivity contribution < 1.29 is 13.0 Å². The van der Waals surface area contributed by atoms with Crippen LogP contribution in [0.15, 0.2) is 56.9 Å². The van der Waals surface area contributed by atoms with Crippen LogP contribution < -0.4 is 5.73 Å². The number of hydrogen-bond donors (Lipinski definition) is 1. The molecular formula is C12H9N3O3S. The van der Waals surface area contributed by atoms with Crippen molar-refractivity contribution in [2.45, 2.75) is 9.79 Å². The van der Waals surface area contributed by atoms with Crippen LogP contribution in [0.3, 0.4) is 0 Å². The third kappa shape index (κ3) is 1.75. The first-order chi connectivity index (χ1) is 9.10. The lowest BCUT2D eigenvalue weighted by atomic mass is 10.3. The van der Waals surface area contributed by atoms with E-state index in [1.807, 2.05) is 0 Å². The number of aromatic nitrogens is 2. The van der Waals surface area contributed by atoms with Crippen molar-refractivity contribution >= 4 is 26.6 Å². The minimum Gasteiger partial charge on any atom is -0.397 e. The van der Waals surface area contributed by atoms with Gasteiger partial charge in [-0.3, -0.25) is 0 Å². The van der Waals surface area contributed by atoms with Crippen LogP contribution in [0.25, 0.3) is 11.0 Å². The van der Waals surface area contributed by atoms with Gasteiger partial charge in [0.2, 0.25) is 9.84 Å². The smallest absolute Gasteiger partial charge is 0.208 e. The van der Waals surface area contributed by atoms with E-state index in [0.29, 0.717) is 5.69 Å². The summed E-state index contributed by atoms with van der Waals surface area (Å²) in [5.41, 5.74) is 6.41. The third-order valence-corrected chi connectivity index (χ3v) is 4.55. The Morgan fingerprint density at radius 1 is 0.947 bits per heavy atom. The Hall–Kier alpha value is -2.41. The monoisotopic (exact) mass is 275 g/mol. The molecule has 0 aliphatic carbocycles. The zero-order chi connectivity index (χ0) is 13.5. The quantitative estimate of drug-likeness (QED) is 0.714. The molecule has 6 nitrogen and oxygen atoms in total. The van der Waals surface area contributed by atoms with Gasteiger partial charge >= 0.3 is 0 Å². The zero-order valence-electron chi connectivity index (χ0n) is 9.65. The molecule has 0 radical (unpaired) electrons. The van der Waals surface area contributed by atoms with Crippen LogP contribution in [-0.4, -0.2) is 18.7 Å². The van der Waals surface area contributed by atoms with Crippen molar-refractivity contribution in [2.24, 2.45) is 0 Å². The van der Waals surface area contributed by atoms with Gasteiger partial charge < -0.3 is 5.73 Å². The largest absolute Gasteiger partial charge is 0.397 e. The highest BCUT2D eigenvalue weighted by molar-refractivity contribution is 7.91.